The van der Waals surface area contributed by atoms with Gasteiger partial charge in [0.2, 0.25) is 0 Å². The zero-order valence-corrected chi connectivity index (χ0v) is 10.9. The van der Waals surface area contributed by atoms with Crippen molar-refractivity contribution in [3.8, 4) is 28.3 Å². The monoisotopic (exact) mass is 268 g/mol. The summed E-state index contributed by atoms with van der Waals surface area (Å²) < 4.78 is 12.9. The molecule has 0 saturated carbocycles. The molecule has 3 rings (SSSR count). The second kappa shape index (κ2) is 4.81. The fourth-order valence-electron chi connectivity index (χ4n) is 2.09. The number of hydrogen-bond acceptors (Lipinski definition) is 2. The van der Waals surface area contributed by atoms with Crippen LogP contribution in [0.1, 0.15) is 5.56 Å². The lowest BCUT2D eigenvalue weighted by Gasteiger charge is -2.02. The molecule has 0 radical (unpaired) electrons. The number of halogens is 1. The van der Waals surface area contributed by atoms with E-state index in [1.807, 2.05) is 25.1 Å². The van der Waals surface area contributed by atoms with E-state index in [0.29, 0.717) is 11.3 Å². The number of rotatable bonds is 2. The zero-order chi connectivity index (χ0) is 14.1. The summed E-state index contributed by atoms with van der Waals surface area (Å²) in [5.74, 6) is -0.0780. The topological polar surface area (TPSA) is 48.9 Å². The Balaban J connectivity index is 2.01. The molecule has 2 N–H and O–H groups in total. The molecule has 2 aromatic carbocycles. The molecule has 0 aliphatic heterocycles. The Kier molecular flexibility index (Phi) is 2.99. The number of phenols is 1. The first-order valence-electron chi connectivity index (χ1n) is 6.25. The summed E-state index contributed by atoms with van der Waals surface area (Å²) in [5.41, 5.74) is 4.01. The summed E-state index contributed by atoms with van der Waals surface area (Å²) in [6.45, 7) is 1.96. The first-order valence-corrected chi connectivity index (χ1v) is 6.25. The number of aromatic amines is 1. The third-order valence-corrected chi connectivity index (χ3v) is 3.16. The van der Waals surface area contributed by atoms with Gasteiger partial charge < -0.3 is 5.11 Å². The lowest BCUT2D eigenvalue weighted by molar-refractivity contribution is 0.477. The number of nitrogens with one attached hydrogen (secondary N) is 1. The first-order chi connectivity index (χ1) is 9.63. The van der Waals surface area contributed by atoms with Gasteiger partial charge in [-0.15, -0.1) is 0 Å². The van der Waals surface area contributed by atoms with E-state index < -0.39 is 0 Å². The van der Waals surface area contributed by atoms with Gasteiger partial charge >= 0.3 is 0 Å². The fraction of sp³-hybridized carbons (Fsp3) is 0.0625. The molecular formula is C16H13FN2O. The molecule has 0 unspecified atom stereocenters. The second-order valence-corrected chi connectivity index (χ2v) is 4.69. The molecule has 0 spiro atoms. The smallest absolute Gasteiger partial charge is 0.124 e. The molecule has 3 nitrogen and oxygen atoms in total. The van der Waals surface area contributed by atoms with Crippen LogP contribution in [0.4, 0.5) is 4.39 Å². The van der Waals surface area contributed by atoms with Gasteiger partial charge in [0.1, 0.15) is 11.6 Å². The number of aromatic hydroxyl groups is 1. The molecule has 0 bridgehead atoms. The summed E-state index contributed by atoms with van der Waals surface area (Å²) in [7, 11) is 0. The molecule has 20 heavy (non-hydrogen) atoms. The molecule has 1 heterocycles. The molecule has 0 amide bonds. The molecule has 0 atom stereocenters. The molecule has 0 fully saturated rings. The summed E-state index contributed by atoms with van der Waals surface area (Å²) >= 11 is 0. The van der Waals surface area contributed by atoms with Crippen LogP contribution in [-0.2, 0) is 0 Å². The predicted octanol–water partition coefficient (Wildman–Crippen LogP) is 3.90. The highest BCUT2D eigenvalue weighted by Crippen LogP contribution is 2.30. The lowest BCUT2D eigenvalue weighted by Crippen LogP contribution is -1.81. The summed E-state index contributed by atoms with van der Waals surface area (Å²) in [4.78, 5) is 0. The third kappa shape index (κ3) is 2.28. The van der Waals surface area contributed by atoms with Crippen LogP contribution >= 0.6 is 0 Å². The van der Waals surface area contributed by atoms with Gasteiger partial charge in [-0.05, 0) is 49.4 Å². The average Bonchev–Trinajstić information content (AvgIpc) is 2.92. The Morgan fingerprint density at radius 2 is 1.80 bits per heavy atom. The zero-order valence-electron chi connectivity index (χ0n) is 10.9. The van der Waals surface area contributed by atoms with E-state index in [-0.39, 0.29) is 11.6 Å². The van der Waals surface area contributed by atoms with Gasteiger partial charge in [0.05, 0.1) is 11.4 Å². The lowest BCUT2D eigenvalue weighted by atomic mass is 10.1. The van der Waals surface area contributed by atoms with E-state index >= 15 is 0 Å². The van der Waals surface area contributed by atoms with Gasteiger partial charge in [0.25, 0.3) is 0 Å². The molecule has 0 saturated heterocycles. The maximum Gasteiger partial charge on any atom is 0.124 e. The third-order valence-electron chi connectivity index (χ3n) is 3.16. The Bertz CT molecular complexity index is 747. The maximum atomic E-state index is 12.9. The Morgan fingerprint density at radius 3 is 2.55 bits per heavy atom. The maximum absolute atomic E-state index is 12.9. The van der Waals surface area contributed by atoms with Crippen LogP contribution in [0.3, 0.4) is 0 Å². The van der Waals surface area contributed by atoms with Crippen LogP contribution in [0.5, 0.6) is 5.75 Å². The number of hydrogen-bond donors (Lipinski definition) is 2. The average molecular weight is 268 g/mol. The van der Waals surface area contributed by atoms with Gasteiger partial charge in [0, 0.05) is 11.1 Å². The van der Waals surface area contributed by atoms with E-state index in [2.05, 4.69) is 10.2 Å². The van der Waals surface area contributed by atoms with Crippen LogP contribution in [0.25, 0.3) is 22.5 Å². The van der Waals surface area contributed by atoms with Gasteiger partial charge in [-0.25, -0.2) is 4.39 Å². The minimum atomic E-state index is -0.277. The molecule has 0 aliphatic rings. The normalized spacial score (nSPS) is 10.7. The fourth-order valence-corrected chi connectivity index (χ4v) is 2.09. The molecule has 1 aromatic heterocycles. The van der Waals surface area contributed by atoms with Crippen molar-refractivity contribution < 1.29 is 9.50 Å². The second-order valence-electron chi connectivity index (χ2n) is 4.69. The Morgan fingerprint density at radius 1 is 1.05 bits per heavy atom. The van der Waals surface area contributed by atoms with Crippen molar-refractivity contribution >= 4 is 0 Å². The van der Waals surface area contributed by atoms with Crippen molar-refractivity contribution in [1.29, 1.82) is 0 Å². The van der Waals surface area contributed by atoms with Crippen LogP contribution in [0.15, 0.2) is 48.5 Å². The van der Waals surface area contributed by atoms with Crippen molar-refractivity contribution in [2.75, 3.05) is 0 Å². The molecule has 3 aromatic rings. The number of phenolic OH excluding ortho intramolecular Hbond substituents is 1. The summed E-state index contributed by atoms with van der Waals surface area (Å²) in [6.07, 6.45) is 0. The molecule has 100 valence electrons. The van der Waals surface area contributed by atoms with E-state index in [1.54, 1.807) is 18.2 Å². The first kappa shape index (κ1) is 12.4. The predicted molar refractivity (Wildman–Crippen MR) is 75.8 cm³/mol. The number of aromatic nitrogens is 2. The van der Waals surface area contributed by atoms with Crippen LogP contribution in [0, 0.1) is 12.7 Å². The van der Waals surface area contributed by atoms with Crippen molar-refractivity contribution in [2.45, 2.75) is 6.92 Å². The number of aryl methyl sites for hydroxylation is 1. The van der Waals surface area contributed by atoms with Gasteiger partial charge in [-0.3, -0.25) is 5.10 Å². The van der Waals surface area contributed by atoms with Crippen LogP contribution in [0.2, 0.25) is 0 Å². The number of H-pyrrole nitrogens is 1. The van der Waals surface area contributed by atoms with Gasteiger partial charge in [-0.2, -0.15) is 5.10 Å². The number of benzene rings is 2. The quantitative estimate of drug-likeness (QED) is 0.740. The molecule has 4 heteroatoms. The molecular weight excluding hydrogens is 255 g/mol. The van der Waals surface area contributed by atoms with Crippen molar-refractivity contribution in [1.82, 2.24) is 10.2 Å². The van der Waals surface area contributed by atoms with Crippen LogP contribution in [-0.4, -0.2) is 15.3 Å². The van der Waals surface area contributed by atoms with Crippen molar-refractivity contribution in [3.05, 3.63) is 59.9 Å². The Hall–Kier alpha value is -2.62. The Labute approximate surface area is 115 Å². The summed E-state index contributed by atoms with van der Waals surface area (Å²) in [5, 5.41) is 17.0. The van der Waals surface area contributed by atoms with Crippen molar-refractivity contribution in [2.24, 2.45) is 0 Å². The van der Waals surface area contributed by atoms with Gasteiger partial charge in [-0.1, -0.05) is 11.6 Å². The standard InChI is InChI=1S/C16H13FN2O/c1-10-2-7-16(20)13(8-10)15-9-14(18-19-15)11-3-5-12(17)6-4-11/h2-9,20H,1H3,(H,18,19). The summed E-state index contributed by atoms with van der Waals surface area (Å²) in [6, 6.07) is 13.4. The number of nitrogens with zero attached hydrogens (tertiary/aromatic N) is 1. The van der Waals surface area contributed by atoms with E-state index in [0.717, 1.165) is 16.8 Å². The molecule has 0 aliphatic carbocycles. The van der Waals surface area contributed by atoms with E-state index in [9.17, 15) is 9.50 Å². The highest BCUT2D eigenvalue weighted by molar-refractivity contribution is 5.72. The largest absolute Gasteiger partial charge is 0.507 e. The highest BCUT2D eigenvalue weighted by atomic mass is 19.1. The van der Waals surface area contributed by atoms with Crippen molar-refractivity contribution in [3.63, 3.8) is 0 Å². The van der Waals surface area contributed by atoms with Gasteiger partial charge in [0.15, 0.2) is 0 Å². The SMILES string of the molecule is Cc1ccc(O)c(-c2cc(-c3ccc(F)cc3)n[nH]2)c1. The minimum absolute atomic E-state index is 0.199. The van der Waals surface area contributed by atoms with E-state index in [1.165, 1.54) is 12.1 Å². The minimum Gasteiger partial charge on any atom is -0.507 e. The van der Waals surface area contributed by atoms with Crippen LogP contribution < -0.4 is 0 Å². The van der Waals surface area contributed by atoms with E-state index in [4.69, 9.17) is 0 Å². The highest BCUT2D eigenvalue weighted by Gasteiger charge is 2.09.